The van der Waals surface area contributed by atoms with Crippen molar-refractivity contribution < 1.29 is 31.9 Å². The number of ether oxygens (including phenoxy) is 3. The molecule has 1 aliphatic carbocycles. The van der Waals surface area contributed by atoms with Gasteiger partial charge in [0.05, 0.1) is 11.5 Å². The standard InChI is InChI=1S/C17H22O7S/c1-11-4-6-12(7-5-11)25(19,20)21-10-13-14(18)15-16(22-13)24-17(23-15)8-2-3-9-17/h4-7,13-16,18H,2-3,8-10H2,1H3/t13-,14+,15-,16?/m0/s1. The summed E-state index contributed by atoms with van der Waals surface area (Å²) in [6.07, 6.45) is 0.552. The van der Waals surface area contributed by atoms with Gasteiger partial charge in [-0.25, -0.2) is 0 Å². The highest BCUT2D eigenvalue weighted by molar-refractivity contribution is 7.86. The van der Waals surface area contributed by atoms with Crippen LogP contribution in [0.3, 0.4) is 0 Å². The number of rotatable bonds is 4. The summed E-state index contributed by atoms with van der Waals surface area (Å²) >= 11 is 0. The van der Waals surface area contributed by atoms with Gasteiger partial charge in [-0.05, 0) is 31.9 Å². The van der Waals surface area contributed by atoms with Gasteiger partial charge in [0, 0.05) is 12.8 Å². The van der Waals surface area contributed by atoms with Gasteiger partial charge in [-0.3, -0.25) is 4.18 Å². The van der Waals surface area contributed by atoms with Crippen LogP contribution in [0, 0.1) is 6.92 Å². The van der Waals surface area contributed by atoms with Crippen molar-refractivity contribution in [1.29, 1.82) is 0 Å². The Morgan fingerprint density at radius 1 is 1.20 bits per heavy atom. The van der Waals surface area contributed by atoms with Crippen LogP contribution >= 0.6 is 0 Å². The van der Waals surface area contributed by atoms with E-state index in [0.717, 1.165) is 31.2 Å². The number of hydrogen-bond acceptors (Lipinski definition) is 7. The molecule has 1 saturated carbocycles. The molecule has 1 aromatic rings. The molecule has 25 heavy (non-hydrogen) atoms. The summed E-state index contributed by atoms with van der Waals surface area (Å²) in [6, 6.07) is 6.37. The molecule has 1 N–H and O–H groups in total. The lowest BCUT2D eigenvalue weighted by molar-refractivity contribution is -0.231. The Kier molecular flexibility index (Phi) is 4.38. The Balaban J connectivity index is 1.38. The van der Waals surface area contributed by atoms with E-state index in [-0.39, 0.29) is 11.5 Å². The SMILES string of the molecule is Cc1ccc(S(=O)(=O)OC[C@@H]2OC3OC4(CCCC4)O[C@H]3[C@@H]2O)cc1. The zero-order chi connectivity index (χ0) is 17.7. The van der Waals surface area contributed by atoms with Crippen LogP contribution in [-0.2, 0) is 28.5 Å². The molecule has 8 heteroatoms. The van der Waals surface area contributed by atoms with Crippen molar-refractivity contribution in [2.45, 2.75) is 67.9 Å². The Labute approximate surface area is 147 Å². The first-order chi connectivity index (χ1) is 11.9. The molecule has 0 bridgehead atoms. The second kappa shape index (κ2) is 6.29. The second-order valence-corrected chi connectivity index (χ2v) is 8.52. The quantitative estimate of drug-likeness (QED) is 0.803. The minimum absolute atomic E-state index is 0.0724. The summed E-state index contributed by atoms with van der Waals surface area (Å²) in [7, 11) is -3.91. The molecular weight excluding hydrogens is 348 g/mol. The zero-order valence-corrected chi connectivity index (χ0v) is 14.8. The molecule has 0 radical (unpaired) electrons. The minimum Gasteiger partial charge on any atom is -0.387 e. The minimum atomic E-state index is -3.91. The highest BCUT2D eigenvalue weighted by Gasteiger charge is 2.58. The van der Waals surface area contributed by atoms with Gasteiger partial charge in [-0.2, -0.15) is 8.42 Å². The van der Waals surface area contributed by atoms with Crippen LogP contribution in [0.2, 0.25) is 0 Å². The molecule has 1 unspecified atom stereocenters. The molecule has 4 atom stereocenters. The maximum Gasteiger partial charge on any atom is 0.297 e. The van der Waals surface area contributed by atoms with Crippen LogP contribution in [-0.4, -0.2) is 50.5 Å². The van der Waals surface area contributed by atoms with Crippen molar-refractivity contribution in [3.05, 3.63) is 29.8 Å². The van der Waals surface area contributed by atoms with Crippen LogP contribution in [0.15, 0.2) is 29.2 Å². The summed E-state index contributed by atoms with van der Waals surface area (Å²) in [6.45, 7) is 1.58. The number of benzene rings is 1. The van der Waals surface area contributed by atoms with Gasteiger partial charge in [-0.15, -0.1) is 0 Å². The van der Waals surface area contributed by atoms with E-state index in [1.807, 2.05) is 6.92 Å². The van der Waals surface area contributed by atoms with Gasteiger partial charge in [0.2, 0.25) is 0 Å². The topological polar surface area (TPSA) is 91.3 Å². The van der Waals surface area contributed by atoms with Crippen molar-refractivity contribution in [3.63, 3.8) is 0 Å². The molecule has 0 aromatic heterocycles. The maximum atomic E-state index is 12.2. The lowest BCUT2D eigenvalue weighted by Gasteiger charge is -2.25. The van der Waals surface area contributed by atoms with Crippen LogP contribution in [0.5, 0.6) is 0 Å². The van der Waals surface area contributed by atoms with Gasteiger partial charge < -0.3 is 19.3 Å². The first kappa shape index (κ1) is 17.4. The number of aryl methyl sites for hydroxylation is 1. The fraction of sp³-hybridized carbons (Fsp3) is 0.647. The normalized spacial score (nSPS) is 33.8. The zero-order valence-electron chi connectivity index (χ0n) is 14.0. The Hall–Kier alpha value is -1.03. The average molecular weight is 370 g/mol. The Morgan fingerprint density at radius 2 is 1.88 bits per heavy atom. The summed E-state index contributed by atoms with van der Waals surface area (Å²) in [5, 5.41) is 10.4. The number of fused-ring (bicyclic) bond motifs is 1. The fourth-order valence-corrected chi connectivity index (χ4v) is 4.55. The van der Waals surface area contributed by atoms with E-state index in [9.17, 15) is 13.5 Å². The van der Waals surface area contributed by atoms with Gasteiger partial charge >= 0.3 is 0 Å². The largest absolute Gasteiger partial charge is 0.387 e. The molecule has 2 saturated heterocycles. The molecule has 2 aliphatic heterocycles. The molecule has 3 fully saturated rings. The predicted octanol–water partition coefficient (Wildman–Crippen LogP) is 1.47. The molecule has 138 valence electrons. The third-order valence-electron chi connectivity index (χ3n) is 5.04. The summed E-state index contributed by atoms with van der Waals surface area (Å²) in [4.78, 5) is 0.0724. The Bertz CT molecular complexity index is 724. The van der Waals surface area contributed by atoms with Crippen LogP contribution < -0.4 is 0 Å². The predicted molar refractivity (Wildman–Crippen MR) is 86.1 cm³/mol. The highest BCUT2D eigenvalue weighted by Crippen LogP contribution is 2.46. The van der Waals surface area contributed by atoms with Crippen molar-refractivity contribution >= 4 is 10.1 Å². The van der Waals surface area contributed by atoms with Gasteiger partial charge in [-0.1, -0.05) is 17.7 Å². The van der Waals surface area contributed by atoms with E-state index in [2.05, 4.69) is 0 Å². The molecular formula is C17H22O7S. The van der Waals surface area contributed by atoms with Gasteiger partial charge in [0.25, 0.3) is 10.1 Å². The van der Waals surface area contributed by atoms with E-state index >= 15 is 0 Å². The average Bonchev–Trinajstić information content (AvgIpc) is 3.25. The third kappa shape index (κ3) is 3.22. The number of hydrogen-bond donors (Lipinski definition) is 1. The van der Waals surface area contributed by atoms with Crippen molar-refractivity contribution in [3.8, 4) is 0 Å². The first-order valence-electron chi connectivity index (χ1n) is 8.54. The van der Waals surface area contributed by atoms with E-state index in [1.165, 1.54) is 12.1 Å². The van der Waals surface area contributed by atoms with Crippen LogP contribution in [0.25, 0.3) is 0 Å². The van der Waals surface area contributed by atoms with E-state index in [0.29, 0.717) is 0 Å². The highest BCUT2D eigenvalue weighted by atomic mass is 32.2. The second-order valence-electron chi connectivity index (χ2n) is 6.90. The maximum absolute atomic E-state index is 12.2. The molecule has 2 heterocycles. The summed E-state index contributed by atoms with van der Waals surface area (Å²) in [5.41, 5.74) is 0.955. The van der Waals surface area contributed by atoms with Crippen molar-refractivity contribution in [2.75, 3.05) is 6.61 Å². The van der Waals surface area contributed by atoms with E-state index in [4.69, 9.17) is 18.4 Å². The molecule has 3 aliphatic rings. The van der Waals surface area contributed by atoms with Crippen molar-refractivity contribution in [1.82, 2.24) is 0 Å². The molecule has 0 amide bonds. The molecule has 1 spiro atoms. The Morgan fingerprint density at radius 3 is 2.52 bits per heavy atom. The summed E-state index contributed by atoms with van der Waals surface area (Å²) < 4.78 is 46.9. The summed E-state index contributed by atoms with van der Waals surface area (Å²) in [5.74, 6) is -0.643. The van der Waals surface area contributed by atoms with Crippen LogP contribution in [0.1, 0.15) is 31.2 Å². The molecule has 1 aromatic carbocycles. The smallest absolute Gasteiger partial charge is 0.297 e. The van der Waals surface area contributed by atoms with E-state index in [1.54, 1.807) is 12.1 Å². The number of aliphatic hydroxyl groups is 1. The number of aliphatic hydroxyl groups excluding tert-OH is 1. The third-order valence-corrected chi connectivity index (χ3v) is 6.33. The lowest BCUT2D eigenvalue weighted by atomic mass is 10.1. The monoisotopic (exact) mass is 370 g/mol. The first-order valence-corrected chi connectivity index (χ1v) is 9.95. The molecule has 4 rings (SSSR count). The van der Waals surface area contributed by atoms with Crippen molar-refractivity contribution in [2.24, 2.45) is 0 Å². The molecule has 7 nitrogen and oxygen atoms in total. The lowest BCUT2D eigenvalue weighted by Crippen LogP contribution is -2.38. The van der Waals surface area contributed by atoms with Gasteiger partial charge in [0.1, 0.15) is 18.3 Å². The van der Waals surface area contributed by atoms with E-state index < -0.39 is 40.5 Å². The van der Waals surface area contributed by atoms with Crippen LogP contribution in [0.4, 0.5) is 0 Å². The fourth-order valence-electron chi connectivity index (χ4n) is 3.63. The van der Waals surface area contributed by atoms with Gasteiger partial charge in [0.15, 0.2) is 12.1 Å².